The zero-order valence-corrected chi connectivity index (χ0v) is 15.2. The molecule has 0 saturated carbocycles. The van der Waals surface area contributed by atoms with Crippen LogP contribution in [0.3, 0.4) is 0 Å². The fraction of sp³-hybridized carbons (Fsp3) is 0.727. The van der Waals surface area contributed by atoms with Crippen molar-refractivity contribution < 1.29 is 4.39 Å². The van der Waals surface area contributed by atoms with Gasteiger partial charge in [-0.1, -0.05) is 77.3 Å². The molecule has 0 radical (unpaired) electrons. The summed E-state index contributed by atoms with van der Waals surface area (Å²) in [5.41, 5.74) is 2.35. The number of unbranched alkanes of at least 4 members (excludes halogenated alkanes) is 6. The van der Waals surface area contributed by atoms with Crippen LogP contribution in [0.2, 0.25) is 0 Å². The van der Waals surface area contributed by atoms with Gasteiger partial charge in [-0.05, 0) is 54.7 Å². The normalized spacial score (nSPS) is 17.0. The van der Waals surface area contributed by atoms with Crippen molar-refractivity contribution in [3.63, 3.8) is 0 Å². The maximum atomic E-state index is 14.4. The molecule has 0 N–H and O–H groups in total. The lowest BCUT2D eigenvalue weighted by Gasteiger charge is -2.25. The lowest BCUT2D eigenvalue weighted by atomic mass is 9.80. The summed E-state index contributed by atoms with van der Waals surface area (Å²) in [4.78, 5) is 0. The Bertz CT molecular complexity index is 439. The SMILES string of the molecule is CCCCCCC(CCCCCC)C1CCc2cccc(F)c21. The third-order valence-electron chi connectivity index (χ3n) is 5.66. The highest BCUT2D eigenvalue weighted by molar-refractivity contribution is 5.36. The first kappa shape index (κ1) is 18.5. The molecule has 1 atom stereocenters. The highest BCUT2D eigenvalue weighted by Gasteiger charge is 2.31. The predicted molar refractivity (Wildman–Crippen MR) is 98.5 cm³/mol. The van der Waals surface area contributed by atoms with Gasteiger partial charge in [-0.3, -0.25) is 0 Å². The van der Waals surface area contributed by atoms with Crippen molar-refractivity contribution in [1.82, 2.24) is 0 Å². The van der Waals surface area contributed by atoms with Gasteiger partial charge in [0.2, 0.25) is 0 Å². The van der Waals surface area contributed by atoms with Crippen molar-refractivity contribution >= 4 is 0 Å². The zero-order chi connectivity index (χ0) is 16.5. The molecular formula is C22H35F. The molecular weight excluding hydrogens is 283 g/mol. The van der Waals surface area contributed by atoms with E-state index in [9.17, 15) is 4.39 Å². The second kappa shape index (κ2) is 10.1. The molecule has 130 valence electrons. The van der Waals surface area contributed by atoms with Gasteiger partial charge < -0.3 is 0 Å². The summed E-state index contributed by atoms with van der Waals surface area (Å²) >= 11 is 0. The topological polar surface area (TPSA) is 0 Å². The summed E-state index contributed by atoms with van der Waals surface area (Å²) in [6.45, 7) is 4.54. The number of aryl methyl sites for hydroxylation is 1. The van der Waals surface area contributed by atoms with E-state index in [0.29, 0.717) is 11.8 Å². The first-order valence-electron chi connectivity index (χ1n) is 10.0. The van der Waals surface area contributed by atoms with Crippen molar-refractivity contribution in [3.8, 4) is 0 Å². The molecule has 0 aliphatic heterocycles. The van der Waals surface area contributed by atoms with Crippen molar-refractivity contribution in [2.24, 2.45) is 5.92 Å². The van der Waals surface area contributed by atoms with E-state index >= 15 is 0 Å². The van der Waals surface area contributed by atoms with Gasteiger partial charge in [-0.25, -0.2) is 4.39 Å². The Kier molecular flexibility index (Phi) is 8.12. The average molecular weight is 319 g/mol. The van der Waals surface area contributed by atoms with Gasteiger partial charge in [-0.2, -0.15) is 0 Å². The summed E-state index contributed by atoms with van der Waals surface area (Å²) in [7, 11) is 0. The maximum absolute atomic E-state index is 14.4. The summed E-state index contributed by atoms with van der Waals surface area (Å²) in [5, 5.41) is 0. The molecule has 23 heavy (non-hydrogen) atoms. The summed E-state index contributed by atoms with van der Waals surface area (Å²) < 4.78 is 14.4. The first-order chi connectivity index (χ1) is 11.3. The van der Waals surface area contributed by atoms with Crippen molar-refractivity contribution in [2.75, 3.05) is 0 Å². The molecule has 0 nitrogen and oxygen atoms in total. The standard InChI is InChI=1S/C22H35F/c1-3-5-7-9-12-18(13-10-8-6-4-2)20-17-16-19-14-11-15-21(23)22(19)20/h11,14-15,18,20H,3-10,12-13,16-17H2,1-2H3. The Labute approximate surface area is 142 Å². The average Bonchev–Trinajstić information content (AvgIpc) is 2.99. The summed E-state index contributed by atoms with van der Waals surface area (Å²) in [5.74, 6) is 1.23. The molecule has 1 aliphatic rings. The second-order valence-electron chi connectivity index (χ2n) is 7.42. The third-order valence-corrected chi connectivity index (χ3v) is 5.66. The van der Waals surface area contributed by atoms with Gasteiger partial charge in [0.25, 0.3) is 0 Å². The van der Waals surface area contributed by atoms with Gasteiger partial charge >= 0.3 is 0 Å². The van der Waals surface area contributed by atoms with Gasteiger partial charge in [0.05, 0.1) is 0 Å². The van der Waals surface area contributed by atoms with E-state index in [1.54, 1.807) is 6.07 Å². The molecule has 1 aromatic rings. The molecule has 2 rings (SSSR count). The van der Waals surface area contributed by atoms with Gasteiger partial charge in [-0.15, -0.1) is 0 Å². The van der Waals surface area contributed by atoms with E-state index in [1.165, 1.54) is 76.2 Å². The van der Waals surface area contributed by atoms with Crippen molar-refractivity contribution in [2.45, 2.75) is 96.8 Å². The van der Waals surface area contributed by atoms with E-state index in [1.807, 2.05) is 6.07 Å². The predicted octanol–water partition coefficient (Wildman–Crippen LogP) is 7.41. The van der Waals surface area contributed by atoms with Crippen LogP contribution >= 0.6 is 0 Å². The third kappa shape index (κ3) is 5.33. The van der Waals surface area contributed by atoms with Crippen molar-refractivity contribution in [3.05, 3.63) is 35.1 Å². The Morgan fingerprint density at radius 1 is 0.957 bits per heavy atom. The van der Waals surface area contributed by atoms with Crippen LogP contribution in [0.4, 0.5) is 4.39 Å². The minimum absolute atomic E-state index is 0.0529. The number of rotatable bonds is 11. The first-order valence-corrected chi connectivity index (χ1v) is 10.0. The Balaban J connectivity index is 1.99. The second-order valence-corrected chi connectivity index (χ2v) is 7.42. The number of hydrogen-bond donors (Lipinski definition) is 0. The van der Waals surface area contributed by atoms with Crippen LogP contribution in [0.15, 0.2) is 18.2 Å². The van der Waals surface area contributed by atoms with E-state index in [2.05, 4.69) is 19.9 Å². The molecule has 0 saturated heterocycles. The number of fused-ring (bicyclic) bond motifs is 1. The van der Waals surface area contributed by atoms with Crippen LogP contribution < -0.4 is 0 Å². The maximum Gasteiger partial charge on any atom is 0.126 e. The van der Waals surface area contributed by atoms with Crippen LogP contribution in [0.25, 0.3) is 0 Å². The number of hydrogen-bond acceptors (Lipinski definition) is 0. The monoisotopic (exact) mass is 318 g/mol. The summed E-state index contributed by atoms with van der Waals surface area (Å²) in [6.07, 6.45) is 15.5. The van der Waals surface area contributed by atoms with Crippen LogP contribution in [-0.2, 0) is 6.42 Å². The lowest BCUT2D eigenvalue weighted by molar-refractivity contribution is 0.335. The molecule has 1 aromatic carbocycles. The quantitative estimate of drug-likeness (QED) is 0.372. The number of benzene rings is 1. The Morgan fingerprint density at radius 2 is 1.61 bits per heavy atom. The molecule has 1 unspecified atom stereocenters. The van der Waals surface area contributed by atoms with Gasteiger partial charge in [0, 0.05) is 0 Å². The molecule has 0 heterocycles. The highest BCUT2D eigenvalue weighted by atomic mass is 19.1. The molecule has 0 aromatic heterocycles. The van der Waals surface area contributed by atoms with E-state index in [-0.39, 0.29) is 5.82 Å². The van der Waals surface area contributed by atoms with E-state index < -0.39 is 0 Å². The molecule has 0 fully saturated rings. The molecule has 0 spiro atoms. The van der Waals surface area contributed by atoms with E-state index in [4.69, 9.17) is 0 Å². The molecule has 1 aliphatic carbocycles. The molecule has 1 heteroatoms. The van der Waals surface area contributed by atoms with Crippen LogP contribution in [0.5, 0.6) is 0 Å². The van der Waals surface area contributed by atoms with Crippen LogP contribution in [0, 0.1) is 11.7 Å². The van der Waals surface area contributed by atoms with Gasteiger partial charge in [0.15, 0.2) is 0 Å². The minimum atomic E-state index is 0.0529. The van der Waals surface area contributed by atoms with Crippen LogP contribution in [-0.4, -0.2) is 0 Å². The van der Waals surface area contributed by atoms with Crippen molar-refractivity contribution in [1.29, 1.82) is 0 Å². The minimum Gasteiger partial charge on any atom is -0.207 e. The Morgan fingerprint density at radius 3 is 2.22 bits per heavy atom. The fourth-order valence-corrected chi connectivity index (χ4v) is 4.35. The lowest BCUT2D eigenvalue weighted by Crippen LogP contribution is -2.12. The molecule has 0 amide bonds. The van der Waals surface area contributed by atoms with Crippen LogP contribution in [0.1, 0.15) is 102 Å². The molecule has 0 bridgehead atoms. The Hall–Kier alpha value is -0.850. The van der Waals surface area contributed by atoms with Gasteiger partial charge in [0.1, 0.15) is 5.82 Å². The fourth-order valence-electron chi connectivity index (χ4n) is 4.35. The zero-order valence-electron chi connectivity index (χ0n) is 15.2. The summed E-state index contributed by atoms with van der Waals surface area (Å²) in [6, 6.07) is 5.69. The highest BCUT2D eigenvalue weighted by Crippen LogP contribution is 2.43. The van der Waals surface area contributed by atoms with E-state index in [0.717, 1.165) is 12.0 Å². The smallest absolute Gasteiger partial charge is 0.126 e. The number of halogens is 1. The largest absolute Gasteiger partial charge is 0.207 e.